The van der Waals surface area contributed by atoms with Crippen LogP contribution in [0.15, 0.2) is 36.4 Å². The normalized spacial score (nSPS) is 19.6. The number of fused-ring (bicyclic) bond motifs is 2. The number of alkyl halides is 3. The summed E-state index contributed by atoms with van der Waals surface area (Å²) >= 11 is 0. The van der Waals surface area contributed by atoms with E-state index in [1.165, 1.54) is 23.3 Å². The Bertz CT molecular complexity index is 754. The molecule has 0 saturated carbocycles. The van der Waals surface area contributed by atoms with E-state index in [1.807, 2.05) is 12.1 Å². The molecule has 0 aromatic heterocycles. The van der Waals surface area contributed by atoms with Gasteiger partial charge in [0, 0.05) is 12.6 Å². The zero-order valence-corrected chi connectivity index (χ0v) is 13.5. The smallest absolute Gasteiger partial charge is 0.299 e. The van der Waals surface area contributed by atoms with Gasteiger partial charge in [0.05, 0.1) is 5.56 Å². The van der Waals surface area contributed by atoms with Crippen molar-refractivity contribution in [2.24, 2.45) is 0 Å². The monoisotopic (exact) mass is 339 g/mol. The number of halogens is 4. The Kier molecular flexibility index (Phi) is 3.93. The van der Waals surface area contributed by atoms with Crippen LogP contribution in [0.3, 0.4) is 0 Å². The lowest BCUT2D eigenvalue weighted by Crippen LogP contribution is -2.35. The summed E-state index contributed by atoms with van der Waals surface area (Å²) < 4.78 is 39.1. The Balaban J connectivity index is 0.00000156. The van der Waals surface area contributed by atoms with E-state index in [9.17, 15) is 13.2 Å². The molecule has 1 atom stereocenters. The summed E-state index contributed by atoms with van der Waals surface area (Å²) in [6, 6.07) is 10.5. The largest absolute Gasteiger partial charge is 0.416 e. The van der Waals surface area contributed by atoms with Crippen LogP contribution in [0.1, 0.15) is 28.3 Å². The SMILES string of the molecule is CN1CCc2cccc3c2[C@@H]1Cc1ccc(C(F)(F)F)cc1-3.Cl. The third-order valence-electron chi connectivity index (χ3n) is 4.94. The van der Waals surface area contributed by atoms with Crippen molar-refractivity contribution < 1.29 is 13.2 Å². The molecule has 0 radical (unpaired) electrons. The second-order valence-corrected chi connectivity index (χ2v) is 6.20. The highest BCUT2D eigenvalue weighted by molar-refractivity contribution is 5.85. The lowest BCUT2D eigenvalue weighted by Gasteiger charge is -2.39. The fourth-order valence-electron chi connectivity index (χ4n) is 3.78. The van der Waals surface area contributed by atoms with Gasteiger partial charge >= 0.3 is 6.18 Å². The van der Waals surface area contributed by atoms with Gasteiger partial charge in [-0.05, 0) is 59.8 Å². The molecule has 4 rings (SSSR count). The number of rotatable bonds is 0. The summed E-state index contributed by atoms with van der Waals surface area (Å²) in [5.41, 5.74) is 4.68. The number of likely N-dealkylation sites (N-methyl/N-ethyl adjacent to an activating group) is 1. The van der Waals surface area contributed by atoms with E-state index in [0.717, 1.165) is 36.1 Å². The van der Waals surface area contributed by atoms with Crippen LogP contribution in [0.2, 0.25) is 0 Å². The molecule has 1 aliphatic carbocycles. The standard InChI is InChI=1S/C18H16F3N.ClH/c1-22-8-7-11-3-2-4-14-15-10-13(18(19,20)21)6-5-12(15)9-16(22)17(11)14;/h2-6,10,16H,7-9H2,1H3;1H/t16-;/m0./s1. The number of nitrogens with zero attached hydrogens (tertiary/aromatic N) is 1. The van der Waals surface area contributed by atoms with E-state index in [2.05, 4.69) is 18.0 Å². The highest BCUT2D eigenvalue weighted by Gasteiger charge is 2.35. The first kappa shape index (κ1) is 16.3. The molecule has 0 spiro atoms. The van der Waals surface area contributed by atoms with E-state index >= 15 is 0 Å². The van der Waals surface area contributed by atoms with Crippen molar-refractivity contribution in [3.63, 3.8) is 0 Å². The number of hydrogen-bond acceptors (Lipinski definition) is 1. The average Bonchev–Trinajstić information content (AvgIpc) is 2.49. The van der Waals surface area contributed by atoms with E-state index in [-0.39, 0.29) is 18.4 Å². The van der Waals surface area contributed by atoms with Crippen molar-refractivity contribution in [2.45, 2.75) is 25.1 Å². The van der Waals surface area contributed by atoms with Crippen molar-refractivity contribution in [3.8, 4) is 11.1 Å². The van der Waals surface area contributed by atoms with Crippen molar-refractivity contribution in [3.05, 3.63) is 58.7 Å². The van der Waals surface area contributed by atoms with Crippen LogP contribution in [-0.2, 0) is 19.0 Å². The summed E-state index contributed by atoms with van der Waals surface area (Å²) in [5, 5.41) is 0. The minimum absolute atomic E-state index is 0. The minimum atomic E-state index is -4.29. The molecule has 1 nitrogen and oxygen atoms in total. The maximum absolute atomic E-state index is 13.0. The topological polar surface area (TPSA) is 3.24 Å². The minimum Gasteiger partial charge on any atom is -0.299 e. The predicted molar refractivity (Wildman–Crippen MR) is 86.9 cm³/mol. The Hall–Kier alpha value is -1.52. The molecular formula is C18H17ClF3N. The zero-order valence-electron chi connectivity index (χ0n) is 12.7. The van der Waals surface area contributed by atoms with Crippen molar-refractivity contribution in [1.29, 1.82) is 0 Å². The summed E-state index contributed by atoms with van der Waals surface area (Å²) in [5.74, 6) is 0. The first-order valence-corrected chi connectivity index (χ1v) is 7.47. The zero-order chi connectivity index (χ0) is 15.5. The molecule has 23 heavy (non-hydrogen) atoms. The maximum atomic E-state index is 13.0. The van der Waals surface area contributed by atoms with Crippen LogP contribution in [0.25, 0.3) is 11.1 Å². The van der Waals surface area contributed by atoms with E-state index in [1.54, 1.807) is 6.07 Å². The Morgan fingerprint density at radius 1 is 1.04 bits per heavy atom. The second kappa shape index (κ2) is 5.53. The highest BCUT2D eigenvalue weighted by Crippen LogP contribution is 2.46. The van der Waals surface area contributed by atoms with Crippen LogP contribution in [0.5, 0.6) is 0 Å². The van der Waals surface area contributed by atoms with E-state index in [4.69, 9.17) is 0 Å². The lowest BCUT2D eigenvalue weighted by atomic mass is 9.77. The van der Waals surface area contributed by atoms with Crippen molar-refractivity contribution in [1.82, 2.24) is 4.90 Å². The Morgan fingerprint density at radius 3 is 2.57 bits per heavy atom. The van der Waals surface area contributed by atoms with Crippen molar-refractivity contribution >= 4 is 12.4 Å². The van der Waals surface area contributed by atoms with Gasteiger partial charge in [0.2, 0.25) is 0 Å². The summed E-state index contributed by atoms with van der Waals surface area (Å²) in [6.45, 7) is 0.997. The van der Waals surface area contributed by atoms with Crippen LogP contribution in [-0.4, -0.2) is 18.5 Å². The summed E-state index contributed by atoms with van der Waals surface area (Å²) in [6.07, 6.45) is -2.55. The van der Waals surface area contributed by atoms with Gasteiger partial charge in [-0.1, -0.05) is 24.3 Å². The number of hydrogen-bond donors (Lipinski definition) is 0. The van der Waals surface area contributed by atoms with Gasteiger partial charge in [-0.15, -0.1) is 12.4 Å². The average molecular weight is 340 g/mol. The Labute approximate surface area is 139 Å². The molecule has 5 heteroatoms. The molecule has 0 N–H and O–H groups in total. The first-order valence-electron chi connectivity index (χ1n) is 7.47. The molecule has 2 aromatic rings. The molecule has 0 amide bonds. The lowest BCUT2D eigenvalue weighted by molar-refractivity contribution is -0.137. The number of benzene rings is 2. The molecular weight excluding hydrogens is 323 g/mol. The van der Waals surface area contributed by atoms with Gasteiger partial charge in [-0.25, -0.2) is 0 Å². The molecule has 0 saturated heterocycles. The predicted octanol–water partition coefficient (Wildman–Crippen LogP) is 4.88. The first-order chi connectivity index (χ1) is 10.4. The third-order valence-corrected chi connectivity index (χ3v) is 4.94. The molecule has 1 aliphatic heterocycles. The van der Waals surface area contributed by atoms with E-state index < -0.39 is 11.7 Å². The van der Waals surface area contributed by atoms with Crippen LogP contribution in [0.4, 0.5) is 13.2 Å². The fourth-order valence-corrected chi connectivity index (χ4v) is 3.78. The van der Waals surface area contributed by atoms with Gasteiger partial charge in [0.1, 0.15) is 0 Å². The second-order valence-electron chi connectivity index (χ2n) is 6.20. The van der Waals surface area contributed by atoms with Crippen LogP contribution < -0.4 is 0 Å². The fraction of sp³-hybridized carbons (Fsp3) is 0.333. The highest BCUT2D eigenvalue weighted by atomic mass is 35.5. The van der Waals surface area contributed by atoms with Gasteiger partial charge < -0.3 is 0 Å². The van der Waals surface area contributed by atoms with Crippen LogP contribution >= 0.6 is 12.4 Å². The molecule has 0 fully saturated rings. The summed E-state index contributed by atoms with van der Waals surface area (Å²) in [7, 11) is 2.10. The van der Waals surface area contributed by atoms with Crippen molar-refractivity contribution in [2.75, 3.05) is 13.6 Å². The van der Waals surface area contributed by atoms with E-state index in [0.29, 0.717) is 0 Å². The molecule has 0 bridgehead atoms. The van der Waals surface area contributed by atoms with Gasteiger partial charge in [0.15, 0.2) is 0 Å². The van der Waals surface area contributed by atoms with Gasteiger partial charge in [-0.2, -0.15) is 13.2 Å². The maximum Gasteiger partial charge on any atom is 0.416 e. The molecule has 1 heterocycles. The molecule has 2 aliphatic rings. The Morgan fingerprint density at radius 2 is 1.83 bits per heavy atom. The molecule has 0 unspecified atom stereocenters. The van der Waals surface area contributed by atoms with Gasteiger partial charge in [-0.3, -0.25) is 4.90 Å². The van der Waals surface area contributed by atoms with Gasteiger partial charge in [0.25, 0.3) is 0 Å². The summed E-state index contributed by atoms with van der Waals surface area (Å²) in [4.78, 5) is 2.31. The van der Waals surface area contributed by atoms with Crippen LogP contribution in [0, 0.1) is 0 Å². The molecule has 2 aromatic carbocycles. The molecule has 122 valence electrons. The third kappa shape index (κ3) is 2.54. The quantitative estimate of drug-likeness (QED) is 0.661.